The van der Waals surface area contributed by atoms with Crippen LogP contribution in [0.5, 0.6) is 0 Å². The van der Waals surface area contributed by atoms with E-state index in [2.05, 4.69) is 4.99 Å². The average Bonchev–Trinajstić information content (AvgIpc) is 2.14. The minimum atomic E-state index is -4.16. The summed E-state index contributed by atoms with van der Waals surface area (Å²) in [4.78, 5) is 4.06. The fourth-order valence-electron chi connectivity index (χ4n) is 2.28. The van der Waals surface area contributed by atoms with Crippen LogP contribution in [0.3, 0.4) is 0 Å². The van der Waals surface area contributed by atoms with Gasteiger partial charge in [0.1, 0.15) is 5.17 Å². The van der Waals surface area contributed by atoms with Crippen molar-refractivity contribution in [1.82, 2.24) is 0 Å². The molecule has 0 saturated carbocycles. The summed E-state index contributed by atoms with van der Waals surface area (Å²) in [6.07, 6.45) is -2.01. The Hall–Kier alpha value is -0.250. The van der Waals surface area contributed by atoms with Gasteiger partial charge in [-0.15, -0.1) is 0 Å². The zero-order valence-corrected chi connectivity index (χ0v) is 10.3. The van der Waals surface area contributed by atoms with E-state index in [4.69, 9.17) is 11.6 Å². The molecule has 94 valence electrons. The maximum atomic E-state index is 12.9. The Bertz CT molecular complexity index is 262. The molecule has 1 aliphatic heterocycles. The monoisotopic (exact) mass is 255 g/mol. The van der Waals surface area contributed by atoms with Crippen LogP contribution in [0, 0.1) is 11.8 Å². The summed E-state index contributed by atoms with van der Waals surface area (Å²) in [5.41, 5.74) is 0. The molecule has 0 saturated heterocycles. The zero-order valence-electron chi connectivity index (χ0n) is 9.52. The van der Waals surface area contributed by atoms with Gasteiger partial charge in [-0.2, -0.15) is 13.2 Å². The highest BCUT2D eigenvalue weighted by Gasteiger charge is 2.48. The van der Waals surface area contributed by atoms with Crippen molar-refractivity contribution < 1.29 is 13.2 Å². The van der Waals surface area contributed by atoms with Crippen LogP contribution in [0.1, 0.15) is 39.5 Å². The SMILES string of the molecule is CCCCC1C(C)N=C(Cl)CC1C(F)(F)F. The van der Waals surface area contributed by atoms with Gasteiger partial charge in [-0.1, -0.05) is 31.4 Å². The molecule has 0 aromatic heterocycles. The van der Waals surface area contributed by atoms with E-state index in [1.165, 1.54) is 0 Å². The predicted octanol–water partition coefficient (Wildman–Crippen LogP) is 4.40. The van der Waals surface area contributed by atoms with Gasteiger partial charge in [-0.05, 0) is 19.3 Å². The molecular weight excluding hydrogens is 239 g/mol. The summed E-state index contributed by atoms with van der Waals surface area (Å²) < 4.78 is 38.6. The minimum Gasteiger partial charge on any atom is -0.274 e. The highest BCUT2D eigenvalue weighted by Crippen LogP contribution is 2.42. The van der Waals surface area contributed by atoms with Crippen LogP contribution in [0.25, 0.3) is 0 Å². The van der Waals surface area contributed by atoms with Crippen LogP contribution in [0.15, 0.2) is 4.99 Å². The van der Waals surface area contributed by atoms with E-state index < -0.39 is 18.0 Å². The third-order valence-electron chi connectivity index (χ3n) is 3.18. The molecule has 1 rings (SSSR count). The average molecular weight is 256 g/mol. The van der Waals surface area contributed by atoms with Crippen LogP contribution < -0.4 is 0 Å². The molecule has 1 aliphatic rings. The molecule has 0 amide bonds. The van der Waals surface area contributed by atoms with Gasteiger partial charge in [0.05, 0.1) is 12.0 Å². The van der Waals surface area contributed by atoms with Gasteiger partial charge in [-0.3, -0.25) is 4.99 Å². The first-order valence-electron chi connectivity index (χ1n) is 5.65. The van der Waals surface area contributed by atoms with Crippen molar-refractivity contribution in [2.24, 2.45) is 16.8 Å². The van der Waals surface area contributed by atoms with Crippen LogP contribution in [0.2, 0.25) is 0 Å². The number of unbranched alkanes of at least 4 members (excludes halogenated alkanes) is 1. The summed E-state index contributed by atoms with van der Waals surface area (Å²) in [6, 6.07) is -0.320. The van der Waals surface area contributed by atoms with Gasteiger partial charge in [0.15, 0.2) is 0 Å². The second-order valence-electron chi connectivity index (χ2n) is 4.40. The highest BCUT2D eigenvalue weighted by molar-refractivity contribution is 6.65. The largest absolute Gasteiger partial charge is 0.392 e. The molecule has 0 N–H and O–H groups in total. The fourth-order valence-corrected chi connectivity index (χ4v) is 2.60. The number of hydrogen-bond donors (Lipinski definition) is 0. The van der Waals surface area contributed by atoms with Crippen molar-refractivity contribution in [3.63, 3.8) is 0 Å². The maximum absolute atomic E-state index is 12.9. The van der Waals surface area contributed by atoms with Gasteiger partial charge < -0.3 is 0 Å². The molecule has 0 spiro atoms. The van der Waals surface area contributed by atoms with Crippen LogP contribution in [-0.2, 0) is 0 Å². The lowest BCUT2D eigenvalue weighted by atomic mass is 9.79. The quantitative estimate of drug-likeness (QED) is 0.709. The Morgan fingerprint density at radius 3 is 2.56 bits per heavy atom. The van der Waals surface area contributed by atoms with Crippen molar-refractivity contribution in [1.29, 1.82) is 0 Å². The lowest BCUT2D eigenvalue weighted by Crippen LogP contribution is -2.39. The smallest absolute Gasteiger partial charge is 0.274 e. The van der Waals surface area contributed by atoms with Crippen molar-refractivity contribution in [3.8, 4) is 0 Å². The zero-order chi connectivity index (χ0) is 12.3. The van der Waals surface area contributed by atoms with Crippen LogP contribution in [0.4, 0.5) is 13.2 Å². The van der Waals surface area contributed by atoms with E-state index in [0.29, 0.717) is 6.42 Å². The van der Waals surface area contributed by atoms with Gasteiger partial charge in [0, 0.05) is 6.42 Å². The van der Waals surface area contributed by atoms with Crippen molar-refractivity contribution in [2.45, 2.75) is 51.7 Å². The van der Waals surface area contributed by atoms with Gasteiger partial charge in [-0.25, -0.2) is 0 Å². The number of hydrogen-bond acceptors (Lipinski definition) is 1. The molecule has 0 fully saturated rings. The van der Waals surface area contributed by atoms with Gasteiger partial charge in [0.2, 0.25) is 0 Å². The summed E-state index contributed by atoms with van der Waals surface area (Å²) in [7, 11) is 0. The fraction of sp³-hybridized carbons (Fsp3) is 0.909. The minimum absolute atomic E-state index is 0.113. The Balaban J connectivity index is 2.81. The predicted molar refractivity (Wildman–Crippen MR) is 59.9 cm³/mol. The Morgan fingerprint density at radius 1 is 1.44 bits per heavy atom. The number of halogens is 4. The third kappa shape index (κ3) is 3.37. The molecule has 0 aromatic rings. The van der Waals surface area contributed by atoms with E-state index in [-0.39, 0.29) is 17.6 Å². The number of nitrogens with zero attached hydrogens (tertiary/aromatic N) is 1. The molecule has 3 unspecified atom stereocenters. The van der Waals surface area contributed by atoms with E-state index in [9.17, 15) is 13.2 Å². The first-order valence-corrected chi connectivity index (χ1v) is 6.03. The topological polar surface area (TPSA) is 12.4 Å². The van der Waals surface area contributed by atoms with E-state index in [0.717, 1.165) is 12.8 Å². The molecular formula is C11H17ClF3N. The van der Waals surface area contributed by atoms with E-state index in [1.54, 1.807) is 6.92 Å². The molecule has 0 bridgehead atoms. The van der Waals surface area contributed by atoms with E-state index in [1.807, 2.05) is 6.92 Å². The summed E-state index contributed by atoms with van der Waals surface area (Å²) in [5.74, 6) is -1.73. The molecule has 0 aliphatic carbocycles. The lowest BCUT2D eigenvalue weighted by molar-refractivity contribution is -0.190. The maximum Gasteiger partial charge on any atom is 0.392 e. The second-order valence-corrected chi connectivity index (χ2v) is 4.84. The number of aliphatic imine (C=N–C) groups is 1. The van der Waals surface area contributed by atoms with Crippen LogP contribution >= 0.6 is 11.6 Å². The molecule has 0 aromatic carbocycles. The first-order chi connectivity index (χ1) is 7.36. The number of alkyl halides is 3. The molecule has 0 radical (unpaired) electrons. The summed E-state index contributed by atoms with van der Waals surface area (Å²) >= 11 is 5.66. The number of rotatable bonds is 3. The van der Waals surface area contributed by atoms with Crippen molar-refractivity contribution >= 4 is 16.8 Å². The van der Waals surface area contributed by atoms with Gasteiger partial charge in [0.25, 0.3) is 0 Å². The molecule has 3 atom stereocenters. The van der Waals surface area contributed by atoms with Crippen molar-refractivity contribution in [2.75, 3.05) is 0 Å². The lowest BCUT2D eigenvalue weighted by Gasteiger charge is -2.35. The van der Waals surface area contributed by atoms with Crippen LogP contribution in [-0.4, -0.2) is 17.4 Å². The Morgan fingerprint density at radius 2 is 2.06 bits per heavy atom. The summed E-state index contributed by atoms with van der Waals surface area (Å²) in [6.45, 7) is 3.70. The standard InChI is InChI=1S/C11H17ClF3N/c1-3-4-5-8-7(2)16-10(12)6-9(8)11(13,14)15/h7-9H,3-6H2,1-2H3. The normalized spacial score (nSPS) is 31.4. The Labute approximate surface area is 99.1 Å². The second kappa shape index (κ2) is 5.39. The molecule has 16 heavy (non-hydrogen) atoms. The Kier molecular flexibility index (Phi) is 4.65. The molecule has 1 heterocycles. The highest BCUT2D eigenvalue weighted by atomic mass is 35.5. The summed E-state index contributed by atoms with van der Waals surface area (Å²) in [5, 5.41) is 0.113. The molecule has 5 heteroatoms. The molecule has 1 nitrogen and oxygen atoms in total. The first kappa shape index (κ1) is 13.8. The van der Waals surface area contributed by atoms with Gasteiger partial charge >= 0.3 is 6.18 Å². The third-order valence-corrected chi connectivity index (χ3v) is 3.43. The van der Waals surface area contributed by atoms with Crippen molar-refractivity contribution in [3.05, 3.63) is 0 Å². The van der Waals surface area contributed by atoms with E-state index >= 15 is 0 Å².